The summed E-state index contributed by atoms with van der Waals surface area (Å²) in [4.78, 5) is 25.4. The topological polar surface area (TPSA) is 70.7 Å². The number of ether oxygens (including phenoxy) is 1. The normalized spacial score (nSPS) is 28.2. The van der Waals surface area contributed by atoms with Gasteiger partial charge in [-0.3, -0.25) is 4.79 Å². The molecule has 2 aliphatic rings. The van der Waals surface area contributed by atoms with Crippen LogP contribution in [-0.2, 0) is 9.53 Å². The van der Waals surface area contributed by atoms with Crippen LogP contribution in [0.25, 0.3) is 0 Å². The lowest BCUT2D eigenvalue weighted by atomic mass is 9.94. The Morgan fingerprint density at radius 1 is 1.37 bits per heavy atom. The third-order valence-electron chi connectivity index (χ3n) is 3.45. The Hall–Kier alpha value is -1.30. The molecule has 2 amide bonds. The van der Waals surface area contributed by atoms with Gasteiger partial charge < -0.3 is 20.3 Å². The minimum atomic E-state index is -0.485. The Morgan fingerprint density at radius 3 is 2.79 bits per heavy atom. The fourth-order valence-electron chi connectivity index (χ4n) is 2.61. The number of carbonyl (C=O) groups is 2. The first-order valence-electron chi connectivity index (χ1n) is 6.79. The Morgan fingerprint density at radius 2 is 2.11 bits per heavy atom. The van der Waals surface area contributed by atoms with Crippen molar-refractivity contribution in [2.45, 2.75) is 44.8 Å². The van der Waals surface area contributed by atoms with Gasteiger partial charge in [0.15, 0.2) is 0 Å². The number of nitrogens with zero attached hydrogens (tertiary/aromatic N) is 1. The van der Waals surface area contributed by atoms with Crippen LogP contribution in [0.2, 0.25) is 0 Å². The van der Waals surface area contributed by atoms with E-state index in [0.29, 0.717) is 26.1 Å². The number of carbonyl (C=O) groups excluding carboxylic acids is 2. The lowest BCUT2D eigenvalue weighted by Gasteiger charge is -2.29. The van der Waals surface area contributed by atoms with E-state index in [1.165, 1.54) is 0 Å². The molecule has 19 heavy (non-hydrogen) atoms. The highest BCUT2D eigenvalue weighted by Crippen LogP contribution is 2.27. The lowest BCUT2D eigenvalue weighted by molar-refractivity contribution is -0.121. The molecule has 6 heteroatoms. The highest BCUT2D eigenvalue weighted by Gasteiger charge is 2.43. The third kappa shape index (κ3) is 3.59. The van der Waals surface area contributed by atoms with Crippen LogP contribution in [0.5, 0.6) is 0 Å². The summed E-state index contributed by atoms with van der Waals surface area (Å²) in [6, 6.07) is 0. The first kappa shape index (κ1) is 14.1. The Bertz CT molecular complexity index is 378. The average molecular weight is 269 g/mol. The molecule has 2 saturated heterocycles. The molecule has 0 radical (unpaired) electrons. The van der Waals surface area contributed by atoms with E-state index in [4.69, 9.17) is 4.74 Å². The number of rotatable bonds is 0. The van der Waals surface area contributed by atoms with Crippen molar-refractivity contribution in [1.82, 2.24) is 15.5 Å². The first-order chi connectivity index (χ1) is 8.80. The van der Waals surface area contributed by atoms with Gasteiger partial charge in [0.2, 0.25) is 5.91 Å². The summed E-state index contributed by atoms with van der Waals surface area (Å²) in [5.74, 6) is 0.0519. The molecule has 108 valence electrons. The maximum absolute atomic E-state index is 12.0. The second kappa shape index (κ2) is 5.00. The molecule has 0 aromatic rings. The quantitative estimate of drug-likeness (QED) is 0.671. The highest BCUT2D eigenvalue weighted by molar-refractivity contribution is 5.78. The van der Waals surface area contributed by atoms with Crippen molar-refractivity contribution in [3.05, 3.63) is 0 Å². The van der Waals surface area contributed by atoms with Crippen molar-refractivity contribution >= 4 is 12.0 Å². The molecular weight excluding hydrogens is 246 g/mol. The molecule has 6 nitrogen and oxygen atoms in total. The molecule has 0 saturated carbocycles. The maximum Gasteiger partial charge on any atom is 0.410 e. The molecule has 1 unspecified atom stereocenters. The monoisotopic (exact) mass is 269 g/mol. The highest BCUT2D eigenvalue weighted by atomic mass is 16.6. The number of hydrogen-bond acceptors (Lipinski definition) is 4. The van der Waals surface area contributed by atoms with E-state index in [-0.39, 0.29) is 17.5 Å². The van der Waals surface area contributed by atoms with Crippen molar-refractivity contribution < 1.29 is 14.3 Å². The van der Waals surface area contributed by atoms with Crippen LogP contribution in [0.15, 0.2) is 0 Å². The number of likely N-dealkylation sites (tertiary alicyclic amines) is 1. The lowest BCUT2D eigenvalue weighted by Crippen LogP contribution is -2.49. The third-order valence-corrected chi connectivity index (χ3v) is 3.45. The van der Waals surface area contributed by atoms with Crippen LogP contribution in [0.4, 0.5) is 4.79 Å². The van der Waals surface area contributed by atoms with Gasteiger partial charge in [0.1, 0.15) is 5.60 Å². The number of hydrogen-bond donors (Lipinski definition) is 2. The molecule has 2 heterocycles. The van der Waals surface area contributed by atoms with Gasteiger partial charge in [-0.2, -0.15) is 0 Å². The summed E-state index contributed by atoms with van der Waals surface area (Å²) in [7, 11) is 0. The summed E-state index contributed by atoms with van der Waals surface area (Å²) in [5, 5.41) is 6.24. The Labute approximate surface area is 113 Å². The molecular formula is C13H23N3O3. The van der Waals surface area contributed by atoms with Gasteiger partial charge in [0.25, 0.3) is 0 Å². The van der Waals surface area contributed by atoms with Crippen LogP contribution in [-0.4, -0.2) is 54.2 Å². The van der Waals surface area contributed by atoms with E-state index in [1.807, 2.05) is 20.8 Å². The van der Waals surface area contributed by atoms with Gasteiger partial charge in [0.05, 0.1) is 0 Å². The molecule has 2 aliphatic heterocycles. The van der Waals surface area contributed by atoms with Gasteiger partial charge >= 0.3 is 6.09 Å². The molecule has 1 spiro atoms. The number of amides is 2. The van der Waals surface area contributed by atoms with Crippen molar-refractivity contribution in [3.63, 3.8) is 0 Å². The first-order valence-corrected chi connectivity index (χ1v) is 6.79. The van der Waals surface area contributed by atoms with Crippen molar-refractivity contribution in [2.24, 2.45) is 0 Å². The zero-order valence-corrected chi connectivity index (χ0v) is 11.9. The second-order valence-electron chi connectivity index (χ2n) is 6.39. The fraction of sp³-hybridized carbons (Fsp3) is 0.846. The largest absolute Gasteiger partial charge is 0.444 e. The molecule has 0 aliphatic carbocycles. The van der Waals surface area contributed by atoms with Crippen LogP contribution in [0.1, 0.15) is 33.6 Å². The van der Waals surface area contributed by atoms with E-state index >= 15 is 0 Å². The molecule has 1 atom stereocenters. The minimum Gasteiger partial charge on any atom is -0.444 e. The van der Waals surface area contributed by atoms with E-state index in [0.717, 1.165) is 13.0 Å². The Kier molecular flexibility index (Phi) is 3.71. The molecule has 2 rings (SSSR count). The number of nitrogens with one attached hydrogen (secondary N) is 2. The standard InChI is InChI=1S/C13H23N3O3/c1-12(2,3)19-11(18)16-7-4-13(9-16)8-10(17)14-5-6-15-13/h15H,4-9H2,1-3H3,(H,14,17). The minimum absolute atomic E-state index is 0.0519. The van der Waals surface area contributed by atoms with Gasteiger partial charge in [-0.25, -0.2) is 4.79 Å². The van der Waals surface area contributed by atoms with E-state index < -0.39 is 5.60 Å². The van der Waals surface area contributed by atoms with E-state index in [1.54, 1.807) is 4.90 Å². The predicted octanol–water partition coefficient (Wildman–Crippen LogP) is 0.476. The average Bonchev–Trinajstić information content (AvgIpc) is 2.57. The zero-order chi connectivity index (χ0) is 14.1. The van der Waals surface area contributed by atoms with Crippen molar-refractivity contribution in [3.8, 4) is 0 Å². The van der Waals surface area contributed by atoms with Crippen LogP contribution in [0.3, 0.4) is 0 Å². The summed E-state index contributed by atoms with van der Waals surface area (Å²) in [6.45, 7) is 8.13. The smallest absolute Gasteiger partial charge is 0.410 e. The summed E-state index contributed by atoms with van der Waals surface area (Å²) >= 11 is 0. The second-order valence-corrected chi connectivity index (χ2v) is 6.39. The maximum atomic E-state index is 12.0. The summed E-state index contributed by atoms with van der Waals surface area (Å²) in [5.41, 5.74) is -0.765. The van der Waals surface area contributed by atoms with Gasteiger partial charge in [0, 0.05) is 38.1 Å². The zero-order valence-electron chi connectivity index (χ0n) is 11.9. The fourth-order valence-corrected chi connectivity index (χ4v) is 2.61. The molecule has 0 aromatic heterocycles. The predicted molar refractivity (Wildman–Crippen MR) is 70.8 cm³/mol. The summed E-state index contributed by atoms with van der Waals surface area (Å²) < 4.78 is 5.37. The Balaban J connectivity index is 1.98. The van der Waals surface area contributed by atoms with Gasteiger partial charge in [-0.15, -0.1) is 0 Å². The SMILES string of the molecule is CC(C)(C)OC(=O)N1CCC2(CC(=O)NCCN2)C1. The molecule has 2 N–H and O–H groups in total. The van der Waals surface area contributed by atoms with Crippen LogP contribution >= 0.6 is 0 Å². The summed E-state index contributed by atoms with van der Waals surface area (Å²) in [6.07, 6.45) is 0.919. The van der Waals surface area contributed by atoms with Gasteiger partial charge in [-0.05, 0) is 27.2 Å². The van der Waals surface area contributed by atoms with Crippen LogP contribution in [0, 0.1) is 0 Å². The van der Waals surface area contributed by atoms with Crippen molar-refractivity contribution in [1.29, 1.82) is 0 Å². The van der Waals surface area contributed by atoms with E-state index in [9.17, 15) is 9.59 Å². The molecule has 0 aromatic carbocycles. The van der Waals surface area contributed by atoms with Gasteiger partial charge in [-0.1, -0.05) is 0 Å². The van der Waals surface area contributed by atoms with Crippen molar-refractivity contribution in [2.75, 3.05) is 26.2 Å². The van der Waals surface area contributed by atoms with Crippen LogP contribution < -0.4 is 10.6 Å². The molecule has 0 bridgehead atoms. The van der Waals surface area contributed by atoms with E-state index in [2.05, 4.69) is 10.6 Å². The molecule has 2 fully saturated rings.